The van der Waals surface area contributed by atoms with Gasteiger partial charge in [-0.2, -0.15) is 10.5 Å². The van der Waals surface area contributed by atoms with Gasteiger partial charge in [0.15, 0.2) is 0 Å². The number of para-hydroxylation sites is 1. The van der Waals surface area contributed by atoms with Crippen LogP contribution in [0, 0.1) is 22.7 Å². The summed E-state index contributed by atoms with van der Waals surface area (Å²) in [5, 5.41) is 23.5. The average molecular weight is 654 g/mol. The zero-order chi connectivity index (χ0) is 34.7. The van der Waals surface area contributed by atoms with Gasteiger partial charge in [0, 0.05) is 33.8 Å². The van der Waals surface area contributed by atoms with Crippen LogP contribution in [0.15, 0.2) is 170 Å². The van der Waals surface area contributed by atoms with Gasteiger partial charge < -0.3 is 10.3 Å². The number of aromatic nitrogens is 2. The van der Waals surface area contributed by atoms with Gasteiger partial charge in [0.05, 0.1) is 34.4 Å². The molecule has 0 radical (unpaired) electrons. The van der Waals surface area contributed by atoms with E-state index in [1.165, 1.54) is 27.7 Å². The van der Waals surface area contributed by atoms with E-state index >= 15 is 0 Å². The van der Waals surface area contributed by atoms with Gasteiger partial charge in [0.25, 0.3) is 0 Å². The van der Waals surface area contributed by atoms with Crippen LogP contribution in [0.25, 0.3) is 71.8 Å². The Morgan fingerprint density at radius 1 is 0.667 bits per heavy atom. The molecular formula is C46H31N5. The van der Waals surface area contributed by atoms with Crippen LogP contribution in [0.5, 0.6) is 0 Å². The molecular weight excluding hydrogens is 623 g/mol. The summed E-state index contributed by atoms with van der Waals surface area (Å²) in [5.41, 5.74) is 17.4. The Balaban J connectivity index is 1.28. The van der Waals surface area contributed by atoms with Gasteiger partial charge in [-0.05, 0) is 93.7 Å². The lowest BCUT2D eigenvalue weighted by atomic mass is 9.93. The van der Waals surface area contributed by atoms with Gasteiger partial charge in [-0.25, -0.2) is 0 Å². The van der Waals surface area contributed by atoms with Crippen molar-refractivity contribution in [3.63, 3.8) is 0 Å². The van der Waals surface area contributed by atoms with Crippen LogP contribution in [0.1, 0.15) is 11.1 Å². The molecule has 0 spiro atoms. The number of nitrogens with zero attached hydrogens (tertiary/aromatic N) is 4. The second-order valence-corrected chi connectivity index (χ2v) is 12.4. The topological polar surface area (TPSA) is 91.4 Å². The molecule has 0 aliphatic rings. The van der Waals surface area contributed by atoms with E-state index in [1.54, 1.807) is 18.3 Å². The molecule has 0 aliphatic carbocycles. The average Bonchev–Trinajstić information content (AvgIpc) is 3.53. The molecule has 5 heteroatoms. The first-order chi connectivity index (χ1) is 25.1. The van der Waals surface area contributed by atoms with Crippen LogP contribution < -0.4 is 5.73 Å². The predicted molar refractivity (Wildman–Crippen MR) is 208 cm³/mol. The smallest absolute Gasteiger partial charge is 0.0992 e. The second kappa shape index (κ2) is 13.4. The third kappa shape index (κ3) is 5.80. The van der Waals surface area contributed by atoms with Crippen molar-refractivity contribution < 1.29 is 0 Å². The summed E-state index contributed by atoms with van der Waals surface area (Å²) in [6.07, 6.45) is 7.23. The van der Waals surface area contributed by atoms with Crippen LogP contribution in [0.3, 0.4) is 0 Å². The Bertz CT molecular complexity index is 2720. The fraction of sp³-hybridized carbons (Fsp3) is 0.0217. The Kier molecular flexibility index (Phi) is 8.14. The van der Waals surface area contributed by atoms with E-state index in [0.717, 1.165) is 55.8 Å². The lowest BCUT2D eigenvalue weighted by molar-refractivity contribution is 1.18. The van der Waals surface area contributed by atoms with Gasteiger partial charge in [-0.15, -0.1) is 0 Å². The van der Waals surface area contributed by atoms with Crippen molar-refractivity contribution in [2.75, 3.05) is 0 Å². The molecule has 2 N–H and O–H groups in total. The summed E-state index contributed by atoms with van der Waals surface area (Å²) in [5.74, 6) is 0. The van der Waals surface area contributed by atoms with Gasteiger partial charge in [0.1, 0.15) is 0 Å². The minimum Gasteiger partial charge on any atom is -0.405 e. The minimum absolute atomic E-state index is 0.549. The van der Waals surface area contributed by atoms with Gasteiger partial charge >= 0.3 is 0 Å². The monoisotopic (exact) mass is 653 g/mol. The number of allylic oxidation sites excluding steroid dienone is 3. The summed E-state index contributed by atoms with van der Waals surface area (Å²) in [4.78, 5) is 4.50. The molecule has 8 aromatic rings. The Morgan fingerprint density at radius 3 is 2.12 bits per heavy atom. The maximum Gasteiger partial charge on any atom is 0.0992 e. The van der Waals surface area contributed by atoms with Crippen molar-refractivity contribution in [2.45, 2.75) is 6.42 Å². The van der Waals surface area contributed by atoms with Crippen molar-refractivity contribution in [3.8, 4) is 51.3 Å². The van der Waals surface area contributed by atoms with Crippen LogP contribution in [0.4, 0.5) is 0 Å². The molecule has 0 saturated carbocycles. The molecule has 2 aromatic heterocycles. The Hall–Kier alpha value is -7.21. The molecule has 0 saturated heterocycles. The van der Waals surface area contributed by atoms with Crippen LogP contribution in [-0.4, -0.2) is 9.55 Å². The molecule has 51 heavy (non-hydrogen) atoms. The molecule has 2 heterocycles. The zero-order valence-corrected chi connectivity index (χ0v) is 27.7. The van der Waals surface area contributed by atoms with Crippen molar-refractivity contribution in [1.29, 1.82) is 10.5 Å². The minimum atomic E-state index is 0.549. The maximum atomic E-state index is 9.39. The van der Waals surface area contributed by atoms with Crippen LogP contribution in [0.2, 0.25) is 0 Å². The van der Waals surface area contributed by atoms with E-state index < -0.39 is 0 Å². The van der Waals surface area contributed by atoms with Gasteiger partial charge in [-0.1, -0.05) is 109 Å². The first kappa shape index (κ1) is 31.1. The van der Waals surface area contributed by atoms with Crippen molar-refractivity contribution in [3.05, 3.63) is 181 Å². The standard InChI is InChI=1S/C46H31N5/c47-24-22-32(29-48)11-10-31-12-14-34(15-13-31)37-20-21-41-44(27-37)51(38-6-2-1-3-7-38)45-28-42(39-8-4-5-9-40(39)46(41)45)35-16-18-36(19-17-35)43-26-33(30-49)23-25-50-43/h1-9,11-28H,10,47H2/b24-22-,32-11+. The van der Waals surface area contributed by atoms with E-state index in [2.05, 4.69) is 149 Å². The Labute approximate surface area is 296 Å². The molecule has 0 amide bonds. The molecule has 0 atom stereocenters. The SMILES string of the molecule is N#CC(/C=C\N)=C/Cc1ccc(-c2ccc3c4c5ccccc5c(-c5ccc(-c6cc(C#N)ccn6)cc5)cc4n(-c4ccccc4)c3c2)cc1. The number of benzene rings is 6. The summed E-state index contributed by atoms with van der Waals surface area (Å²) in [6.45, 7) is 0. The van der Waals surface area contributed by atoms with E-state index in [9.17, 15) is 10.5 Å². The summed E-state index contributed by atoms with van der Waals surface area (Å²) in [6, 6.07) is 53.2. The first-order valence-corrected chi connectivity index (χ1v) is 16.8. The highest BCUT2D eigenvalue weighted by molar-refractivity contribution is 6.24. The van der Waals surface area contributed by atoms with E-state index in [4.69, 9.17) is 5.73 Å². The molecule has 0 aliphatic heterocycles. The van der Waals surface area contributed by atoms with E-state index in [0.29, 0.717) is 17.6 Å². The normalized spacial score (nSPS) is 11.7. The largest absolute Gasteiger partial charge is 0.405 e. The summed E-state index contributed by atoms with van der Waals surface area (Å²) >= 11 is 0. The number of fused-ring (bicyclic) bond motifs is 5. The highest BCUT2D eigenvalue weighted by Crippen LogP contribution is 2.42. The number of rotatable bonds is 7. The molecule has 0 unspecified atom stereocenters. The molecule has 240 valence electrons. The molecule has 6 aromatic carbocycles. The van der Waals surface area contributed by atoms with E-state index in [1.807, 2.05) is 12.1 Å². The van der Waals surface area contributed by atoms with Gasteiger partial charge in [-0.3, -0.25) is 4.98 Å². The fourth-order valence-electron chi connectivity index (χ4n) is 6.95. The fourth-order valence-corrected chi connectivity index (χ4v) is 6.95. The summed E-state index contributed by atoms with van der Waals surface area (Å²) in [7, 11) is 0. The summed E-state index contributed by atoms with van der Waals surface area (Å²) < 4.78 is 2.38. The molecule has 8 rings (SSSR count). The number of hydrogen-bond acceptors (Lipinski definition) is 4. The number of nitrogens with two attached hydrogens (primary N) is 1. The van der Waals surface area contributed by atoms with Crippen molar-refractivity contribution in [2.24, 2.45) is 5.73 Å². The first-order valence-electron chi connectivity index (χ1n) is 16.8. The highest BCUT2D eigenvalue weighted by Gasteiger charge is 2.19. The van der Waals surface area contributed by atoms with E-state index in [-0.39, 0.29) is 0 Å². The molecule has 0 fully saturated rings. The van der Waals surface area contributed by atoms with Crippen LogP contribution in [-0.2, 0) is 6.42 Å². The number of hydrogen-bond donors (Lipinski definition) is 1. The zero-order valence-electron chi connectivity index (χ0n) is 27.7. The lowest BCUT2D eigenvalue weighted by Gasteiger charge is -2.13. The quantitative estimate of drug-likeness (QED) is 0.137. The molecule has 5 nitrogen and oxygen atoms in total. The van der Waals surface area contributed by atoms with Crippen molar-refractivity contribution >= 4 is 32.6 Å². The van der Waals surface area contributed by atoms with Crippen molar-refractivity contribution in [1.82, 2.24) is 9.55 Å². The molecule has 0 bridgehead atoms. The number of nitriles is 2. The third-order valence-corrected chi connectivity index (χ3v) is 9.42. The maximum absolute atomic E-state index is 9.39. The van der Waals surface area contributed by atoms with Gasteiger partial charge in [0.2, 0.25) is 0 Å². The lowest BCUT2D eigenvalue weighted by Crippen LogP contribution is -1.94. The predicted octanol–water partition coefficient (Wildman–Crippen LogP) is 10.7. The third-order valence-electron chi connectivity index (χ3n) is 9.42. The second-order valence-electron chi connectivity index (χ2n) is 12.4. The highest BCUT2D eigenvalue weighted by atomic mass is 15.0. The number of pyridine rings is 1. The van der Waals surface area contributed by atoms with Crippen LogP contribution >= 0.6 is 0 Å². The Morgan fingerprint density at radius 2 is 1.37 bits per heavy atom.